The van der Waals surface area contributed by atoms with Crippen LogP contribution in [-0.2, 0) is 11.2 Å². The van der Waals surface area contributed by atoms with E-state index in [1.165, 1.54) is 17.4 Å². The van der Waals surface area contributed by atoms with Crippen molar-refractivity contribution in [1.82, 2.24) is 15.3 Å². The minimum Gasteiger partial charge on any atom is -0.486 e. The first-order valence-electron chi connectivity index (χ1n) is 9.47. The molecule has 2 aromatic heterocycles. The van der Waals surface area contributed by atoms with Crippen molar-refractivity contribution in [3.8, 4) is 16.2 Å². The average molecular weight is 442 g/mol. The van der Waals surface area contributed by atoms with Gasteiger partial charge in [0.1, 0.15) is 11.9 Å². The quantitative estimate of drug-likeness (QED) is 0.437. The fourth-order valence-electron chi connectivity index (χ4n) is 3.29. The van der Waals surface area contributed by atoms with Gasteiger partial charge in [0.05, 0.1) is 28.5 Å². The fourth-order valence-corrected chi connectivity index (χ4v) is 4.46. The average Bonchev–Trinajstić information content (AvgIpc) is 3.44. The second kappa shape index (κ2) is 8.45. The van der Waals surface area contributed by atoms with Crippen molar-refractivity contribution in [2.24, 2.45) is 0 Å². The number of benzene rings is 1. The summed E-state index contributed by atoms with van der Waals surface area (Å²) in [6, 6.07) is 7.65. The summed E-state index contributed by atoms with van der Waals surface area (Å²) >= 11 is 7.90. The van der Waals surface area contributed by atoms with Gasteiger partial charge in [-0.2, -0.15) is 0 Å². The van der Waals surface area contributed by atoms with Gasteiger partial charge in [0.2, 0.25) is 5.91 Å². The molecule has 1 atom stereocenters. The number of carbonyl (C=O) groups excluding carboxylic acids is 2. The number of hydrogen-bond donors (Lipinski definition) is 2. The predicted molar refractivity (Wildman–Crippen MR) is 118 cm³/mol. The molecule has 0 saturated heterocycles. The maximum Gasteiger partial charge on any atom is 0.244 e. The van der Waals surface area contributed by atoms with Crippen molar-refractivity contribution in [2.75, 3.05) is 6.54 Å². The van der Waals surface area contributed by atoms with E-state index in [9.17, 15) is 9.59 Å². The number of nitrogens with one attached hydrogen (secondary N) is 2. The first-order valence-corrected chi connectivity index (χ1v) is 10.7. The molecule has 0 aliphatic carbocycles. The van der Waals surface area contributed by atoms with E-state index < -0.39 is 0 Å². The number of nitrogens with zero attached hydrogens (tertiary/aromatic N) is 1. The van der Waals surface area contributed by atoms with Gasteiger partial charge in [0, 0.05) is 28.6 Å². The zero-order valence-electron chi connectivity index (χ0n) is 16.5. The molecule has 0 bridgehead atoms. The lowest BCUT2D eigenvalue weighted by molar-refractivity contribution is -0.116. The zero-order valence-corrected chi connectivity index (χ0v) is 18.1. The van der Waals surface area contributed by atoms with Crippen LogP contribution in [0, 0.1) is 6.92 Å². The number of H-pyrrole nitrogens is 1. The molecule has 1 aromatic carbocycles. The minimum absolute atomic E-state index is 0.0501. The van der Waals surface area contributed by atoms with Crippen LogP contribution in [0.2, 0.25) is 5.02 Å². The van der Waals surface area contributed by atoms with Crippen molar-refractivity contribution in [2.45, 2.75) is 26.4 Å². The van der Waals surface area contributed by atoms with Crippen molar-refractivity contribution < 1.29 is 14.3 Å². The highest BCUT2D eigenvalue weighted by atomic mass is 35.5. The topological polar surface area (TPSA) is 84.1 Å². The van der Waals surface area contributed by atoms with Crippen LogP contribution < -0.4 is 10.1 Å². The van der Waals surface area contributed by atoms with Crippen LogP contribution in [-0.4, -0.2) is 34.3 Å². The second-order valence-electron chi connectivity index (χ2n) is 7.10. The highest BCUT2D eigenvalue weighted by Crippen LogP contribution is 2.41. The Morgan fingerprint density at radius 3 is 2.93 bits per heavy atom. The van der Waals surface area contributed by atoms with Crippen molar-refractivity contribution >= 4 is 40.7 Å². The number of Topliss-reactive ketones (excluding diaryl/α,β-unsaturated/α-hetero) is 1. The summed E-state index contributed by atoms with van der Waals surface area (Å²) in [5.41, 5.74) is 3.59. The SMILES string of the molecule is CC(=O)c1ccc(-c2cc(Cl)c3c(c2)CC(CNC(=O)/C=C/c2nc[nH]c2C)O3)s1. The first kappa shape index (κ1) is 20.4. The summed E-state index contributed by atoms with van der Waals surface area (Å²) in [7, 11) is 0. The van der Waals surface area contributed by atoms with E-state index in [2.05, 4.69) is 15.3 Å². The monoisotopic (exact) mass is 441 g/mol. The Kier molecular flexibility index (Phi) is 5.74. The molecular formula is C22H20ClN3O3S. The lowest BCUT2D eigenvalue weighted by Gasteiger charge is -2.11. The van der Waals surface area contributed by atoms with Crippen LogP contribution in [0.25, 0.3) is 16.5 Å². The summed E-state index contributed by atoms with van der Waals surface area (Å²) in [6.45, 7) is 3.82. The Hall–Kier alpha value is -2.90. The Labute approximate surface area is 182 Å². The molecular weight excluding hydrogens is 422 g/mol. The number of ketones is 1. The van der Waals surface area contributed by atoms with E-state index in [-0.39, 0.29) is 17.8 Å². The molecule has 1 aliphatic heterocycles. The summed E-state index contributed by atoms with van der Waals surface area (Å²) in [5, 5.41) is 3.39. The Morgan fingerprint density at radius 1 is 1.40 bits per heavy atom. The molecule has 0 saturated carbocycles. The Bertz CT molecular complexity index is 1150. The third kappa shape index (κ3) is 4.32. The number of rotatable bonds is 6. The fraction of sp³-hybridized carbons (Fsp3) is 0.227. The summed E-state index contributed by atoms with van der Waals surface area (Å²) in [6.07, 6.45) is 5.18. The van der Waals surface area contributed by atoms with E-state index in [0.717, 1.165) is 32.3 Å². The van der Waals surface area contributed by atoms with Gasteiger partial charge in [-0.3, -0.25) is 9.59 Å². The standard InChI is InChI=1S/C22H20ClN3O3S/c1-12-18(26-11-25-12)3-6-21(28)24-10-16-8-15-7-14(9-17(23)22(15)29-16)20-5-4-19(30-20)13(2)27/h3-7,9,11,16H,8,10H2,1-2H3,(H,24,28)(H,25,26)/b6-3+. The normalized spacial score (nSPS) is 15.2. The van der Waals surface area contributed by atoms with Gasteiger partial charge in [-0.25, -0.2) is 4.98 Å². The van der Waals surface area contributed by atoms with Crippen LogP contribution in [0.1, 0.15) is 33.5 Å². The number of aromatic nitrogens is 2. The molecule has 3 heterocycles. The van der Waals surface area contributed by atoms with Gasteiger partial charge < -0.3 is 15.0 Å². The Balaban J connectivity index is 1.40. The summed E-state index contributed by atoms with van der Waals surface area (Å²) in [5.74, 6) is 0.499. The predicted octanol–water partition coefficient (Wildman–Crippen LogP) is 4.44. The van der Waals surface area contributed by atoms with E-state index >= 15 is 0 Å². The van der Waals surface area contributed by atoms with Crippen molar-refractivity contribution in [1.29, 1.82) is 0 Å². The lowest BCUT2D eigenvalue weighted by Crippen LogP contribution is -2.33. The van der Waals surface area contributed by atoms with Crippen LogP contribution >= 0.6 is 22.9 Å². The molecule has 2 N–H and O–H groups in total. The molecule has 154 valence electrons. The summed E-state index contributed by atoms with van der Waals surface area (Å²) < 4.78 is 5.95. The van der Waals surface area contributed by atoms with E-state index in [1.807, 2.05) is 31.2 Å². The highest BCUT2D eigenvalue weighted by molar-refractivity contribution is 7.17. The molecule has 4 rings (SSSR count). The number of hydrogen-bond acceptors (Lipinski definition) is 5. The third-order valence-corrected chi connectivity index (χ3v) is 6.37. The molecule has 1 amide bonds. The number of ether oxygens (including phenoxy) is 1. The first-order chi connectivity index (χ1) is 14.4. The third-order valence-electron chi connectivity index (χ3n) is 4.86. The van der Waals surface area contributed by atoms with E-state index in [0.29, 0.717) is 23.7 Å². The van der Waals surface area contributed by atoms with Crippen molar-refractivity contribution in [3.05, 3.63) is 63.5 Å². The van der Waals surface area contributed by atoms with Gasteiger partial charge >= 0.3 is 0 Å². The van der Waals surface area contributed by atoms with Crippen LogP contribution in [0.15, 0.2) is 36.7 Å². The van der Waals surface area contributed by atoms with E-state index in [1.54, 1.807) is 19.3 Å². The maximum absolute atomic E-state index is 12.1. The number of halogens is 1. The zero-order chi connectivity index (χ0) is 21.3. The van der Waals surface area contributed by atoms with Crippen LogP contribution in [0.4, 0.5) is 0 Å². The maximum atomic E-state index is 12.1. The van der Waals surface area contributed by atoms with Gasteiger partial charge in [0.25, 0.3) is 0 Å². The number of aromatic amines is 1. The molecule has 0 spiro atoms. The molecule has 30 heavy (non-hydrogen) atoms. The summed E-state index contributed by atoms with van der Waals surface area (Å²) in [4.78, 5) is 32.5. The lowest BCUT2D eigenvalue weighted by atomic mass is 10.1. The van der Waals surface area contributed by atoms with Crippen LogP contribution in [0.5, 0.6) is 5.75 Å². The largest absolute Gasteiger partial charge is 0.486 e. The van der Waals surface area contributed by atoms with Gasteiger partial charge in [-0.05, 0) is 49.8 Å². The molecule has 1 aliphatic rings. The molecule has 3 aromatic rings. The Morgan fingerprint density at radius 2 is 2.23 bits per heavy atom. The molecule has 8 heteroatoms. The van der Waals surface area contributed by atoms with Crippen LogP contribution in [0.3, 0.4) is 0 Å². The minimum atomic E-state index is -0.209. The van der Waals surface area contributed by atoms with E-state index in [4.69, 9.17) is 16.3 Å². The molecule has 0 fully saturated rings. The number of thiophene rings is 1. The van der Waals surface area contributed by atoms with Gasteiger partial charge in [0.15, 0.2) is 5.78 Å². The molecule has 6 nitrogen and oxygen atoms in total. The number of fused-ring (bicyclic) bond motifs is 1. The number of amides is 1. The molecule has 0 radical (unpaired) electrons. The number of aryl methyl sites for hydroxylation is 1. The second-order valence-corrected chi connectivity index (χ2v) is 8.59. The highest BCUT2D eigenvalue weighted by Gasteiger charge is 2.26. The number of imidazole rings is 1. The van der Waals surface area contributed by atoms with Gasteiger partial charge in [-0.15, -0.1) is 11.3 Å². The number of carbonyl (C=O) groups is 2. The molecule has 1 unspecified atom stereocenters. The smallest absolute Gasteiger partial charge is 0.244 e. The van der Waals surface area contributed by atoms with Crippen molar-refractivity contribution in [3.63, 3.8) is 0 Å². The van der Waals surface area contributed by atoms with Gasteiger partial charge in [-0.1, -0.05) is 11.6 Å².